The molecule has 0 saturated carbocycles. The molecule has 2 N–H and O–H groups in total. The summed E-state index contributed by atoms with van der Waals surface area (Å²) in [5, 5.41) is 12.5. The molecule has 0 bridgehead atoms. The summed E-state index contributed by atoms with van der Waals surface area (Å²) in [4.78, 5) is 12.1. The van der Waals surface area contributed by atoms with Gasteiger partial charge in [-0.15, -0.1) is 6.58 Å². The molecule has 0 aliphatic rings. The summed E-state index contributed by atoms with van der Waals surface area (Å²) in [5.74, 6) is -0.0867. The van der Waals surface area contributed by atoms with Crippen LogP contribution in [0.2, 0.25) is 5.02 Å². The predicted molar refractivity (Wildman–Crippen MR) is 87.4 cm³/mol. The number of aliphatic hydroxyl groups excluding tert-OH is 1. The number of carbonyl (C=O) groups is 1. The highest BCUT2D eigenvalue weighted by Crippen LogP contribution is 2.16. The van der Waals surface area contributed by atoms with Crippen molar-refractivity contribution in [3.63, 3.8) is 0 Å². The molecule has 0 saturated heterocycles. The fraction of sp³-hybridized carbons (Fsp3) is 0.471. The Labute approximate surface area is 132 Å². The van der Waals surface area contributed by atoms with E-state index in [0.29, 0.717) is 6.42 Å². The van der Waals surface area contributed by atoms with E-state index in [-0.39, 0.29) is 24.5 Å². The average Bonchev–Trinajstić information content (AvgIpc) is 2.48. The van der Waals surface area contributed by atoms with Crippen LogP contribution in [0.5, 0.6) is 0 Å². The number of nitrogens with one attached hydrogen (secondary N) is 1. The van der Waals surface area contributed by atoms with Gasteiger partial charge in [0.15, 0.2) is 0 Å². The van der Waals surface area contributed by atoms with Crippen LogP contribution >= 0.6 is 11.6 Å². The van der Waals surface area contributed by atoms with Crippen LogP contribution in [0.3, 0.4) is 0 Å². The number of hydrogen-bond donors (Lipinski definition) is 2. The third-order valence-corrected chi connectivity index (χ3v) is 3.67. The van der Waals surface area contributed by atoms with E-state index in [0.717, 1.165) is 24.3 Å². The average molecular weight is 310 g/mol. The molecule has 0 aromatic heterocycles. The molecule has 21 heavy (non-hydrogen) atoms. The van der Waals surface area contributed by atoms with Gasteiger partial charge in [0, 0.05) is 17.0 Å². The lowest BCUT2D eigenvalue weighted by atomic mass is 9.95. The minimum Gasteiger partial charge on any atom is -0.394 e. The summed E-state index contributed by atoms with van der Waals surface area (Å²) in [6.45, 7) is 5.46. The first kappa shape index (κ1) is 17.7. The smallest absolute Gasteiger partial charge is 0.223 e. The molecule has 0 aliphatic heterocycles. The van der Waals surface area contributed by atoms with Crippen molar-refractivity contribution in [3.8, 4) is 0 Å². The number of amides is 1. The fourth-order valence-corrected chi connectivity index (χ4v) is 2.29. The van der Waals surface area contributed by atoms with E-state index in [1.54, 1.807) is 13.0 Å². The van der Waals surface area contributed by atoms with Gasteiger partial charge < -0.3 is 10.4 Å². The number of halogens is 1. The van der Waals surface area contributed by atoms with Crippen LogP contribution in [0.4, 0.5) is 0 Å². The topological polar surface area (TPSA) is 49.3 Å². The molecule has 0 fully saturated rings. The van der Waals surface area contributed by atoms with E-state index >= 15 is 0 Å². The summed E-state index contributed by atoms with van der Waals surface area (Å²) in [7, 11) is 0. The first-order chi connectivity index (χ1) is 10.1. The molecule has 0 heterocycles. The van der Waals surface area contributed by atoms with E-state index in [4.69, 9.17) is 16.7 Å². The number of hydrogen-bond acceptors (Lipinski definition) is 2. The zero-order valence-electron chi connectivity index (χ0n) is 12.5. The quantitative estimate of drug-likeness (QED) is 0.687. The van der Waals surface area contributed by atoms with Gasteiger partial charge in [0.25, 0.3) is 0 Å². The van der Waals surface area contributed by atoms with E-state index in [1.165, 1.54) is 5.56 Å². The molecule has 4 heteroatoms. The molecule has 1 unspecified atom stereocenters. The minimum atomic E-state index is -0.207. The Kier molecular flexibility index (Phi) is 8.09. The van der Waals surface area contributed by atoms with E-state index < -0.39 is 0 Å². The number of carbonyl (C=O) groups excluding carboxylic acids is 1. The molecule has 3 nitrogen and oxygen atoms in total. The van der Waals surface area contributed by atoms with E-state index in [1.807, 2.05) is 24.3 Å². The molecule has 0 spiro atoms. The van der Waals surface area contributed by atoms with Crippen molar-refractivity contribution >= 4 is 17.5 Å². The zero-order valence-corrected chi connectivity index (χ0v) is 13.3. The van der Waals surface area contributed by atoms with Gasteiger partial charge in [-0.05, 0) is 50.3 Å². The van der Waals surface area contributed by atoms with E-state index in [2.05, 4.69) is 11.9 Å². The molecule has 2 atom stereocenters. The molecule has 0 aliphatic carbocycles. The van der Waals surface area contributed by atoms with Crippen molar-refractivity contribution in [2.75, 3.05) is 6.61 Å². The number of allylic oxidation sites excluding steroid dienone is 1. The van der Waals surface area contributed by atoms with Crippen molar-refractivity contribution < 1.29 is 9.90 Å². The standard InChI is InChI=1S/C17H24ClNO2/c1-3-5-15(17(21)19-13(2)12-20)7-4-6-14-8-10-16(18)11-9-14/h3,8-11,13,15,20H,1,4-7,12H2,2H3,(H,19,21)/t13?,15-/m0/s1. The second-order valence-electron chi connectivity index (χ2n) is 5.33. The summed E-state index contributed by atoms with van der Waals surface area (Å²) in [6.07, 6.45) is 5.09. The molecule has 0 radical (unpaired) electrons. The first-order valence-electron chi connectivity index (χ1n) is 7.33. The van der Waals surface area contributed by atoms with Crippen molar-refractivity contribution in [3.05, 3.63) is 47.5 Å². The highest BCUT2D eigenvalue weighted by Gasteiger charge is 2.18. The van der Waals surface area contributed by atoms with Crippen LogP contribution in [-0.4, -0.2) is 23.7 Å². The van der Waals surface area contributed by atoms with Crippen LogP contribution in [0.15, 0.2) is 36.9 Å². The van der Waals surface area contributed by atoms with Crippen molar-refractivity contribution in [2.24, 2.45) is 5.92 Å². The normalized spacial score (nSPS) is 13.5. The van der Waals surface area contributed by atoms with Gasteiger partial charge in [-0.3, -0.25) is 4.79 Å². The molecular weight excluding hydrogens is 286 g/mol. The number of aryl methyl sites for hydroxylation is 1. The third-order valence-electron chi connectivity index (χ3n) is 3.42. The predicted octanol–water partition coefficient (Wildman–Crippen LogP) is 3.35. The fourth-order valence-electron chi connectivity index (χ4n) is 2.17. The van der Waals surface area contributed by atoms with Gasteiger partial charge in [-0.25, -0.2) is 0 Å². The number of aliphatic hydroxyl groups is 1. The maximum Gasteiger partial charge on any atom is 0.223 e. The summed E-state index contributed by atoms with van der Waals surface area (Å²) >= 11 is 5.86. The highest BCUT2D eigenvalue weighted by atomic mass is 35.5. The summed E-state index contributed by atoms with van der Waals surface area (Å²) in [5.41, 5.74) is 1.22. The first-order valence-corrected chi connectivity index (χ1v) is 7.71. The summed E-state index contributed by atoms with van der Waals surface area (Å²) in [6, 6.07) is 7.58. The highest BCUT2D eigenvalue weighted by molar-refractivity contribution is 6.30. The van der Waals surface area contributed by atoms with E-state index in [9.17, 15) is 4.79 Å². The Morgan fingerprint density at radius 2 is 2.10 bits per heavy atom. The van der Waals surface area contributed by atoms with Crippen molar-refractivity contribution in [1.29, 1.82) is 0 Å². The van der Waals surface area contributed by atoms with Crippen LogP contribution in [0.25, 0.3) is 0 Å². The van der Waals surface area contributed by atoms with Gasteiger partial charge in [0.05, 0.1) is 6.61 Å². The minimum absolute atomic E-state index is 0.00689. The lowest BCUT2D eigenvalue weighted by Gasteiger charge is -2.18. The Hall–Kier alpha value is -1.32. The van der Waals surface area contributed by atoms with Crippen LogP contribution in [0, 0.1) is 5.92 Å². The van der Waals surface area contributed by atoms with Crippen molar-refractivity contribution in [2.45, 2.75) is 38.6 Å². The van der Waals surface area contributed by atoms with Crippen molar-refractivity contribution in [1.82, 2.24) is 5.32 Å². The SMILES string of the molecule is C=CC[C@@H](CCCc1ccc(Cl)cc1)C(=O)NC(C)CO. The zero-order chi connectivity index (χ0) is 15.7. The van der Waals surface area contributed by atoms with Crippen LogP contribution in [0.1, 0.15) is 31.7 Å². The molecular formula is C17H24ClNO2. The molecule has 116 valence electrons. The van der Waals surface area contributed by atoms with Gasteiger partial charge in [-0.1, -0.05) is 29.8 Å². The van der Waals surface area contributed by atoms with Gasteiger partial charge in [0.1, 0.15) is 0 Å². The lowest BCUT2D eigenvalue weighted by Crippen LogP contribution is -2.39. The number of benzene rings is 1. The van der Waals surface area contributed by atoms with Gasteiger partial charge >= 0.3 is 0 Å². The Morgan fingerprint density at radius 3 is 2.67 bits per heavy atom. The maximum absolute atomic E-state index is 12.1. The van der Waals surface area contributed by atoms with Crippen LogP contribution in [-0.2, 0) is 11.2 Å². The molecule has 1 amide bonds. The second-order valence-corrected chi connectivity index (χ2v) is 5.77. The lowest BCUT2D eigenvalue weighted by molar-refractivity contribution is -0.126. The largest absolute Gasteiger partial charge is 0.394 e. The summed E-state index contributed by atoms with van der Waals surface area (Å²) < 4.78 is 0. The third kappa shape index (κ3) is 6.78. The van der Waals surface area contributed by atoms with Gasteiger partial charge in [-0.2, -0.15) is 0 Å². The molecule has 1 rings (SSSR count). The molecule has 1 aromatic carbocycles. The monoisotopic (exact) mass is 309 g/mol. The maximum atomic E-state index is 12.1. The second kappa shape index (κ2) is 9.59. The van der Waals surface area contributed by atoms with Crippen LogP contribution < -0.4 is 5.32 Å². The molecule has 1 aromatic rings. The Balaban J connectivity index is 2.45. The Bertz CT molecular complexity index is 445. The Morgan fingerprint density at radius 1 is 1.43 bits per heavy atom. The van der Waals surface area contributed by atoms with Gasteiger partial charge in [0.2, 0.25) is 5.91 Å². The number of rotatable bonds is 9.